The number of urea groups is 1. The number of nitrogens with two attached hydrogens (primary N) is 1. The molecule has 3 aromatic rings. The number of nitrogens with zero attached hydrogens (tertiary/aromatic N) is 1. The molecular formula is C30H37N3O4. The molecule has 0 bridgehead atoms. The minimum atomic E-state index is -0.217. The summed E-state index contributed by atoms with van der Waals surface area (Å²) in [5.74, 6) is 2.02. The van der Waals surface area contributed by atoms with Gasteiger partial charge >= 0.3 is 6.03 Å². The van der Waals surface area contributed by atoms with Gasteiger partial charge in [-0.25, -0.2) is 4.79 Å². The van der Waals surface area contributed by atoms with Crippen LogP contribution in [0.3, 0.4) is 0 Å². The van der Waals surface area contributed by atoms with Crippen molar-refractivity contribution in [2.45, 2.75) is 39.7 Å². The summed E-state index contributed by atoms with van der Waals surface area (Å²) in [6, 6.07) is 16.0. The molecule has 0 fully saturated rings. The van der Waals surface area contributed by atoms with E-state index in [0.717, 1.165) is 34.2 Å². The molecule has 1 aliphatic rings. The SMILES string of the molecule is CCNC(=O)N1CCc2cc(OC)c(OCCc3ccc(N)c(OC)c3)cc2C1c1ccc(C)cc1C. The van der Waals surface area contributed by atoms with Crippen molar-refractivity contribution in [2.75, 3.05) is 39.6 Å². The Morgan fingerprint density at radius 3 is 2.49 bits per heavy atom. The van der Waals surface area contributed by atoms with Gasteiger partial charge in [-0.3, -0.25) is 0 Å². The summed E-state index contributed by atoms with van der Waals surface area (Å²) in [6.45, 7) is 7.79. The maximum absolute atomic E-state index is 13.1. The van der Waals surface area contributed by atoms with Crippen LogP contribution in [0.1, 0.15) is 46.3 Å². The molecule has 1 unspecified atom stereocenters. The lowest BCUT2D eigenvalue weighted by atomic mass is 9.85. The Labute approximate surface area is 219 Å². The molecule has 1 heterocycles. The van der Waals surface area contributed by atoms with E-state index in [-0.39, 0.29) is 12.1 Å². The summed E-state index contributed by atoms with van der Waals surface area (Å²) in [4.78, 5) is 15.1. The van der Waals surface area contributed by atoms with Crippen LogP contribution in [0.4, 0.5) is 10.5 Å². The fourth-order valence-electron chi connectivity index (χ4n) is 5.03. The lowest BCUT2D eigenvalue weighted by Gasteiger charge is -2.38. The Hall–Kier alpha value is -3.87. The van der Waals surface area contributed by atoms with Crippen molar-refractivity contribution in [3.05, 3.63) is 81.9 Å². The zero-order valence-electron chi connectivity index (χ0n) is 22.4. The molecule has 1 atom stereocenters. The highest BCUT2D eigenvalue weighted by atomic mass is 16.5. The lowest BCUT2D eigenvalue weighted by Crippen LogP contribution is -2.46. The summed E-state index contributed by atoms with van der Waals surface area (Å²) in [6.07, 6.45) is 1.43. The maximum atomic E-state index is 13.1. The number of benzene rings is 3. The van der Waals surface area contributed by atoms with Crippen molar-refractivity contribution in [1.82, 2.24) is 10.2 Å². The van der Waals surface area contributed by atoms with Crippen molar-refractivity contribution < 1.29 is 19.0 Å². The van der Waals surface area contributed by atoms with Crippen LogP contribution in [-0.4, -0.2) is 44.8 Å². The van der Waals surface area contributed by atoms with Crippen LogP contribution in [-0.2, 0) is 12.8 Å². The average molecular weight is 504 g/mol. The lowest BCUT2D eigenvalue weighted by molar-refractivity contribution is 0.180. The molecular weight excluding hydrogens is 466 g/mol. The number of nitrogen functional groups attached to an aromatic ring is 1. The van der Waals surface area contributed by atoms with Gasteiger partial charge in [0.15, 0.2) is 11.5 Å². The summed E-state index contributed by atoms with van der Waals surface area (Å²) in [5.41, 5.74) is 13.3. The van der Waals surface area contributed by atoms with E-state index in [4.69, 9.17) is 19.9 Å². The van der Waals surface area contributed by atoms with Gasteiger partial charge in [0.25, 0.3) is 0 Å². The number of hydrogen-bond acceptors (Lipinski definition) is 5. The van der Waals surface area contributed by atoms with Crippen LogP contribution in [0.5, 0.6) is 17.2 Å². The molecule has 196 valence electrons. The van der Waals surface area contributed by atoms with Gasteiger partial charge in [0, 0.05) is 19.5 Å². The quantitative estimate of drug-likeness (QED) is 0.413. The number of fused-ring (bicyclic) bond motifs is 1. The summed E-state index contributed by atoms with van der Waals surface area (Å²) >= 11 is 0. The minimum absolute atomic E-state index is 0.0614. The highest BCUT2D eigenvalue weighted by Crippen LogP contribution is 2.42. The number of amides is 2. The Morgan fingerprint density at radius 2 is 1.78 bits per heavy atom. The van der Waals surface area contributed by atoms with Crippen LogP contribution in [0.2, 0.25) is 0 Å². The zero-order valence-corrected chi connectivity index (χ0v) is 22.4. The van der Waals surface area contributed by atoms with Crippen molar-refractivity contribution in [1.29, 1.82) is 0 Å². The Morgan fingerprint density at radius 1 is 1.00 bits per heavy atom. The number of aryl methyl sites for hydroxylation is 2. The van der Waals surface area contributed by atoms with E-state index >= 15 is 0 Å². The van der Waals surface area contributed by atoms with Crippen molar-refractivity contribution in [3.8, 4) is 17.2 Å². The first-order valence-corrected chi connectivity index (χ1v) is 12.7. The second-order valence-electron chi connectivity index (χ2n) is 9.42. The predicted octanol–water partition coefficient (Wildman–Crippen LogP) is 5.20. The first kappa shape index (κ1) is 26.2. The Kier molecular flexibility index (Phi) is 8.11. The van der Waals surface area contributed by atoms with Gasteiger partial charge in [0.2, 0.25) is 0 Å². The molecule has 0 aromatic heterocycles. The number of carbonyl (C=O) groups excluding carboxylic acids is 1. The van der Waals surface area contributed by atoms with Crippen LogP contribution in [0, 0.1) is 13.8 Å². The fraction of sp³-hybridized carbons (Fsp3) is 0.367. The molecule has 1 aliphatic heterocycles. The van der Waals surface area contributed by atoms with Gasteiger partial charge in [-0.05, 0) is 79.3 Å². The number of carbonyl (C=O) groups is 1. The first-order chi connectivity index (χ1) is 17.9. The molecule has 0 aliphatic carbocycles. The predicted molar refractivity (Wildman–Crippen MR) is 147 cm³/mol. The van der Waals surface area contributed by atoms with E-state index < -0.39 is 0 Å². The summed E-state index contributed by atoms with van der Waals surface area (Å²) < 4.78 is 17.3. The van der Waals surface area contributed by atoms with Crippen LogP contribution < -0.4 is 25.3 Å². The standard InChI is InChI=1S/C30H37N3O4/c1-6-32-30(34)33-13-11-22-17-27(36-5)28(37-14-12-21-8-10-25(31)26(16-21)35-4)18-24(22)29(33)23-9-7-19(2)15-20(23)3/h7-10,15-18,29H,6,11-14,31H2,1-5H3,(H,32,34). The highest BCUT2D eigenvalue weighted by molar-refractivity contribution is 5.76. The first-order valence-electron chi connectivity index (χ1n) is 12.7. The van der Waals surface area contributed by atoms with Crippen LogP contribution in [0.25, 0.3) is 0 Å². The number of anilines is 1. The monoisotopic (exact) mass is 503 g/mol. The van der Waals surface area contributed by atoms with Gasteiger partial charge in [-0.15, -0.1) is 0 Å². The zero-order chi connectivity index (χ0) is 26.5. The molecule has 3 aromatic carbocycles. The fourth-order valence-corrected chi connectivity index (χ4v) is 5.03. The molecule has 0 radical (unpaired) electrons. The molecule has 7 heteroatoms. The Balaban J connectivity index is 1.68. The topological polar surface area (TPSA) is 86.1 Å². The molecule has 7 nitrogen and oxygen atoms in total. The van der Waals surface area contributed by atoms with Crippen molar-refractivity contribution >= 4 is 11.7 Å². The second-order valence-corrected chi connectivity index (χ2v) is 9.42. The molecule has 2 amide bonds. The van der Waals surface area contributed by atoms with Gasteiger partial charge < -0.3 is 30.2 Å². The minimum Gasteiger partial charge on any atom is -0.495 e. The molecule has 3 N–H and O–H groups in total. The number of hydrogen-bond donors (Lipinski definition) is 2. The third-order valence-corrected chi connectivity index (χ3v) is 6.91. The third kappa shape index (κ3) is 5.61. The number of methoxy groups -OCH3 is 2. The normalized spacial score (nSPS) is 14.6. The molecule has 0 saturated heterocycles. The Bertz CT molecular complexity index is 1270. The van der Waals surface area contributed by atoms with E-state index in [1.165, 1.54) is 5.56 Å². The highest BCUT2D eigenvalue weighted by Gasteiger charge is 2.34. The molecule has 37 heavy (non-hydrogen) atoms. The second kappa shape index (κ2) is 11.5. The summed E-state index contributed by atoms with van der Waals surface area (Å²) in [7, 11) is 3.27. The molecule has 0 saturated carbocycles. The average Bonchev–Trinajstić information content (AvgIpc) is 2.89. The van der Waals surface area contributed by atoms with Gasteiger partial charge in [0.1, 0.15) is 5.75 Å². The van der Waals surface area contributed by atoms with Gasteiger partial charge in [-0.1, -0.05) is 29.8 Å². The molecule has 0 spiro atoms. The van der Waals surface area contributed by atoms with Gasteiger partial charge in [0.05, 0.1) is 32.6 Å². The van der Waals surface area contributed by atoms with E-state index in [2.05, 4.69) is 43.4 Å². The number of rotatable bonds is 8. The smallest absolute Gasteiger partial charge is 0.318 e. The van der Waals surface area contributed by atoms with Crippen molar-refractivity contribution in [3.63, 3.8) is 0 Å². The summed E-state index contributed by atoms with van der Waals surface area (Å²) in [5, 5.41) is 2.99. The maximum Gasteiger partial charge on any atom is 0.318 e. The molecule has 4 rings (SSSR count). The van der Waals surface area contributed by atoms with E-state index in [1.54, 1.807) is 14.2 Å². The van der Waals surface area contributed by atoms with E-state index in [9.17, 15) is 4.79 Å². The van der Waals surface area contributed by atoms with Crippen LogP contribution >= 0.6 is 0 Å². The van der Waals surface area contributed by atoms with Crippen molar-refractivity contribution in [2.24, 2.45) is 0 Å². The van der Waals surface area contributed by atoms with Crippen LogP contribution in [0.15, 0.2) is 48.5 Å². The largest absolute Gasteiger partial charge is 0.495 e. The third-order valence-electron chi connectivity index (χ3n) is 6.91. The number of ether oxygens (including phenoxy) is 3. The van der Waals surface area contributed by atoms with Gasteiger partial charge in [-0.2, -0.15) is 0 Å². The number of nitrogens with one attached hydrogen (secondary N) is 1. The van der Waals surface area contributed by atoms with E-state index in [0.29, 0.717) is 49.1 Å². The van der Waals surface area contributed by atoms with E-state index in [1.807, 2.05) is 36.1 Å².